The third kappa shape index (κ3) is 9.07. The number of hydrogen-bond donors (Lipinski definition) is 2. The quantitative estimate of drug-likeness (QED) is 0.303. The zero-order chi connectivity index (χ0) is 32.1. The summed E-state index contributed by atoms with van der Waals surface area (Å²) in [5, 5.41) is 13.5. The van der Waals surface area contributed by atoms with Crippen molar-refractivity contribution in [3.8, 4) is 16.9 Å². The second-order valence-electron chi connectivity index (χ2n) is 13.0. The van der Waals surface area contributed by atoms with Crippen LogP contribution >= 0.6 is 0 Å². The molecular weight excluding hydrogens is 558 g/mol. The van der Waals surface area contributed by atoms with Gasteiger partial charge in [0, 0.05) is 32.7 Å². The van der Waals surface area contributed by atoms with Crippen LogP contribution in [0.3, 0.4) is 0 Å². The zero-order valence-corrected chi connectivity index (χ0v) is 26.5. The standard InChI is InChI=1S/C35H43N3O6/c1-34(2,3)43-32(41)27-14-13-26(25-10-8-7-9-11-25)23-29(27)36-31(40)28-22-24(12-15-30(28)39)16-17-37-18-20-38(21-19-37)33(42)44-35(4,5)6/h7-15,22-23,39H,16-21H2,1-6H3,(H,36,40). The maximum Gasteiger partial charge on any atom is 0.410 e. The smallest absolute Gasteiger partial charge is 0.410 e. The number of phenols is 1. The summed E-state index contributed by atoms with van der Waals surface area (Å²) in [6, 6.07) is 19.8. The van der Waals surface area contributed by atoms with Crippen molar-refractivity contribution in [2.24, 2.45) is 0 Å². The van der Waals surface area contributed by atoms with Gasteiger partial charge in [-0.15, -0.1) is 0 Å². The number of anilines is 1. The Morgan fingerprint density at radius 2 is 1.43 bits per heavy atom. The van der Waals surface area contributed by atoms with Crippen molar-refractivity contribution in [3.63, 3.8) is 0 Å². The van der Waals surface area contributed by atoms with E-state index in [1.807, 2.05) is 57.2 Å². The number of aromatic hydroxyl groups is 1. The van der Waals surface area contributed by atoms with Crippen molar-refractivity contribution in [3.05, 3.63) is 83.4 Å². The van der Waals surface area contributed by atoms with Crippen LogP contribution in [0.25, 0.3) is 11.1 Å². The van der Waals surface area contributed by atoms with Gasteiger partial charge in [0.15, 0.2) is 0 Å². The van der Waals surface area contributed by atoms with Crippen LogP contribution in [0.2, 0.25) is 0 Å². The van der Waals surface area contributed by atoms with Crippen molar-refractivity contribution >= 4 is 23.7 Å². The van der Waals surface area contributed by atoms with Crippen molar-refractivity contribution < 1.29 is 29.0 Å². The maximum atomic E-state index is 13.5. The monoisotopic (exact) mass is 601 g/mol. The maximum absolute atomic E-state index is 13.5. The number of phenolic OH excluding ortho intramolecular Hbond substituents is 1. The van der Waals surface area contributed by atoms with Gasteiger partial charge >= 0.3 is 12.1 Å². The summed E-state index contributed by atoms with van der Waals surface area (Å²) >= 11 is 0. The van der Waals surface area contributed by atoms with Gasteiger partial charge in [-0.1, -0.05) is 42.5 Å². The van der Waals surface area contributed by atoms with E-state index in [2.05, 4.69) is 10.2 Å². The summed E-state index contributed by atoms with van der Waals surface area (Å²) in [5.74, 6) is -1.25. The molecule has 0 spiro atoms. The summed E-state index contributed by atoms with van der Waals surface area (Å²) in [5.41, 5.74) is 2.00. The molecule has 1 heterocycles. The molecule has 3 aromatic carbocycles. The molecule has 0 aromatic heterocycles. The van der Waals surface area contributed by atoms with Gasteiger partial charge in [0.25, 0.3) is 5.91 Å². The fourth-order valence-corrected chi connectivity index (χ4v) is 4.85. The molecule has 1 saturated heterocycles. The Morgan fingerprint density at radius 1 is 0.773 bits per heavy atom. The molecule has 0 saturated carbocycles. The van der Waals surface area contributed by atoms with Crippen LogP contribution < -0.4 is 5.32 Å². The molecule has 1 aliphatic rings. The number of carbonyl (C=O) groups is 3. The highest BCUT2D eigenvalue weighted by Crippen LogP contribution is 2.29. The molecule has 234 valence electrons. The summed E-state index contributed by atoms with van der Waals surface area (Å²) in [6.45, 7) is 14.3. The molecule has 4 rings (SSSR count). The van der Waals surface area contributed by atoms with Gasteiger partial charge in [0.2, 0.25) is 0 Å². The molecule has 0 atom stereocenters. The molecule has 3 aromatic rings. The van der Waals surface area contributed by atoms with Gasteiger partial charge < -0.3 is 24.8 Å². The van der Waals surface area contributed by atoms with E-state index >= 15 is 0 Å². The Balaban J connectivity index is 1.46. The number of piperazine rings is 1. The van der Waals surface area contributed by atoms with Gasteiger partial charge in [-0.05, 0) is 88.9 Å². The topological polar surface area (TPSA) is 108 Å². The molecule has 9 nitrogen and oxygen atoms in total. The second-order valence-corrected chi connectivity index (χ2v) is 13.0. The van der Waals surface area contributed by atoms with E-state index in [1.54, 1.807) is 49.9 Å². The first kappa shape index (κ1) is 32.5. The minimum atomic E-state index is -0.717. The van der Waals surface area contributed by atoms with Crippen LogP contribution in [0.4, 0.5) is 10.5 Å². The van der Waals surface area contributed by atoms with E-state index in [0.717, 1.165) is 36.3 Å². The largest absolute Gasteiger partial charge is 0.507 e. The SMILES string of the molecule is CC(C)(C)OC(=O)c1ccc(-c2ccccc2)cc1NC(=O)c1cc(CCN2CCN(C(=O)OC(C)(C)C)CC2)ccc1O. The normalized spacial score (nSPS) is 14.2. The molecule has 2 amide bonds. The lowest BCUT2D eigenvalue weighted by Crippen LogP contribution is -2.50. The molecular formula is C35H43N3O6. The minimum Gasteiger partial charge on any atom is -0.507 e. The van der Waals surface area contributed by atoms with Crippen molar-refractivity contribution in [1.29, 1.82) is 0 Å². The lowest BCUT2D eigenvalue weighted by molar-refractivity contribution is 0.00692. The first-order valence-corrected chi connectivity index (χ1v) is 14.9. The molecule has 0 aliphatic carbocycles. The Kier molecular flexibility index (Phi) is 9.99. The molecule has 1 fully saturated rings. The van der Waals surface area contributed by atoms with Gasteiger partial charge in [-0.25, -0.2) is 9.59 Å². The summed E-state index contributed by atoms with van der Waals surface area (Å²) in [7, 11) is 0. The number of benzene rings is 3. The molecule has 0 unspecified atom stereocenters. The van der Waals surface area contributed by atoms with Crippen molar-refractivity contribution in [2.45, 2.75) is 59.2 Å². The minimum absolute atomic E-state index is 0.109. The van der Waals surface area contributed by atoms with E-state index < -0.39 is 23.1 Å². The van der Waals surface area contributed by atoms with Gasteiger partial charge in [-0.3, -0.25) is 9.69 Å². The first-order valence-electron chi connectivity index (χ1n) is 14.9. The Labute approximate surface area is 259 Å². The molecule has 0 bridgehead atoms. The average Bonchev–Trinajstić information content (AvgIpc) is 2.95. The van der Waals surface area contributed by atoms with Crippen LogP contribution in [0.1, 0.15) is 67.8 Å². The van der Waals surface area contributed by atoms with Gasteiger partial charge in [-0.2, -0.15) is 0 Å². The number of carbonyl (C=O) groups excluding carboxylic acids is 3. The summed E-state index contributed by atoms with van der Waals surface area (Å²) in [4.78, 5) is 42.9. The van der Waals surface area contributed by atoms with E-state index in [4.69, 9.17) is 9.47 Å². The number of nitrogens with zero attached hydrogens (tertiary/aromatic N) is 2. The third-order valence-electron chi connectivity index (χ3n) is 7.04. The number of esters is 1. The van der Waals surface area contributed by atoms with E-state index in [0.29, 0.717) is 25.2 Å². The number of amides is 2. The number of nitrogens with one attached hydrogen (secondary N) is 1. The fourth-order valence-electron chi connectivity index (χ4n) is 4.85. The van der Waals surface area contributed by atoms with Crippen LogP contribution in [0.15, 0.2) is 66.7 Å². The Bertz CT molecular complexity index is 1480. The summed E-state index contributed by atoms with van der Waals surface area (Å²) in [6.07, 6.45) is 0.357. The van der Waals surface area contributed by atoms with Gasteiger partial charge in [0.1, 0.15) is 17.0 Å². The predicted molar refractivity (Wildman–Crippen MR) is 171 cm³/mol. The molecule has 2 N–H and O–H groups in total. The third-order valence-corrected chi connectivity index (χ3v) is 7.04. The molecule has 0 radical (unpaired) electrons. The second kappa shape index (κ2) is 13.5. The van der Waals surface area contributed by atoms with Crippen LogP contribution in [0.5, 0.6) is 5.75 Å². The Hall–Kier alpha value is -4.37. The molecule has 9 heteroatoms. The van der Waals surface area contributed by atoms with Gasteiger partial charge in [0.05, 0.1) is 16.8 Å². The molecule has 44 heavy (non-hydrogen) atoms. The number of rotatable bonds is 7. The first-order chi connectivity index (χ1) is 20.7. The highest BCUT2D eigenvalue weighted by atomic mass is 16.6. The predicted octanol–water partition coefficient (Wildman–Crippen LogP) is 6.36. The average molecular weight is 602 g/mol. The van der Waals surface area contributed by atoms with Crippen LogP contribution in [-0.2, 0) is 15.9 Å². The molecule has 1 aliphatic heterocycles. The number of hydrogen-bond acceptors (Lipinski definition) is 7. The van der Waals surface area contributed by atoms with E-state index in [1.165, 1.54) is 6.07 Å². The van der Waals surface area contributed by atoms with E-state index in [-0.39, 0.29) is 23.0 Å². The summed E-state index contributed by atoms with van der Waals surface area (Å²) < 4.78 is 11.1. The zero-order valence-electron chi connectivity index (χ0n) is 26.5. The lowest BCUT2D eigenvalue weighted by Gasteiger charge is -2.35. The van der Waals surface area contributed by atoms with Crippen LogP contribution in [-0.4, -0.2) is 76.8 Å². The van der Waals surface area contributed by atoms with Crippen molar-refractivity contribution in [1.82, 2.24) is 9.80 Å². The highest BCUT2D eigenvalue weighted by Gasteiger charge is 2.26. The number of ether oxygens (including phenoxy) is 2. The van der Waals surface area contributed by atoms with Crippen LogP contribution in [0, 0.1) is 0 Å². The van der Waals surface area contributed by atoms with Crippen molar-refractivity contribution in [2.75, 3.05) is 38.0 Å². The van der Waals surface area contributed by atoms with E-state index in [9.17, 15) is 19.5 Å². The Morgan fingerprint density at radius 3 is 2.07 bits per heavy atom. The highest BCUT2D eigenvalue weighted by molar-refractivity contribution is 6.10. The fraction of sp³-hybridized carbons (Fsp3) is 0.400. The lowest BCUT2D eigenvalue weighted by atomic mass is 10.0.